The molecule has 1 amide bonds. The van der Waals surface area contributed by atoms with Crippen LogP contribution in [0.1, 0.15) is 15.9 Å². The molecule has 0 aliphatic carbocycles. The first-order valence-corrected chi connectivity index (χ1v) is 10.8. The van der Waals surface area contributed by atoms with Gasteiger partial charge in [0.15, 0.2) is 17.5 Å². The maximum absolute atomic E-state index is 12.3. The quantitative estimate of drug-likeness (QED) is 0.418. The summed E-state index contributed by atoms with van der Waals surface area (Å²) < 4.78 is 2.03. The summed E-state index contributed by atoms with van der Waals surface area (Å²) in [4.78, 5) is 20.8. The molecule has 8 heteroatoms. The molecule has 3 aromatic heterocycles. The molecule has 5 aromatic rings. The molecule has 0 spiro atoms. The number of anilines is 2. The fourth-order valence-electron chi connectivity index (χ4n) is 4.02. The van der Waals surface area contributed by atoms with E-state index in [1.807, 2.05) is 65.2 Å². The zero-order chi connectivity index (χ0) is 22.9. The molecule has 4 heterocycles. The van der Waals surface area contributed by atoms with Crippen molar-refractivity contribution < 1.29 is 4.79 Å². The van der Waals surface area contributed by atoms with Gasteiger partial charge in [0, 0.05) is 36.3 Å². The number of para-hydroxylation sites is 1. The van der Waals surface area contributed by atoms with Crippen LogP contribution in [0, 0.1) is 0 Å². The van der Waals surface area contributed by atoms with Crippen LogP contribution in [0.3, 0.4) is 0 Å². The molecule has 0 fully saturated rings. The summed E-state index contributed by atoms with van der Waals surface area (Å²) in [6, 6.07) is 23.3. The van der Waals surface area contributed by atoms with Crippen molar-refractivity contribution in [1.82, 2.24) is 30.0 Å². The first-order chi connectivity index (χ1) is 16.8. The maximum atomic E-state index is 12.3. The number of carbonyl (C=O) groups is 1. The molecule has 0 saturated carbocycles. The van der Waals surface area contributed by atoms with Crippen molar-refractivity contribution in [2.75, 3.05) is 5.32 Å². The van der Waals surface area contributed by atoms with Gasteiger partial charge in [0.1, 0.15) is 0 Å². The van der Waals surface area contributed by atoms with Gasteiger partial charge >= 0.3 is 0 Å². The average molecular weight is 445 g/mol. The second kappa shape index (κ2) is 8.25. The van der Waals surface area contributed by atoms with Crippen molar-refractivity contribution in [3.63, 3.8) is 0 Å². The van der Waals surface area contributed by atoms with Crippen molar-refractivity contribution in [2.45, 2.75) is 6.54 Å². The predicted octanol–water partition coefficient (Wildman–Crippen LogP) is 4.38. The van der Waals surface area contributed by atoms with Crippen molar-refractivity contribution in [2.24, 2.45) is 0 Å². The second-order valence-corrected chi connectivity index (χ2v) is 7.85. The van der Waals surface area contributed by atoms with E-state index in [4.69, 9.17) is 0 Å². The molecule has 0 bridgehead atoms. The van der Waals surface area contributed by atoms with Crippen LogP contribution in [0.4, 0.5) is 11.5 Å². The Morgan fingerprint density at radius 3 is 2.56 bits per heavy atom. The maximum Gasteiger partial charge on any atom is 0.253 e. The molecule has 6 rings (SSSR count). The lowest BCUT2D eigenvalue weighted by Gasteiger charge is -2.11. The topological polar surface area (TPSA) is 97.6 Å². The number of pyridine rings is 2. The molecule has 0 unspecified atom stereocenters. The minimum Gasteiger partial charge on any atom is -0.348 e. The fraction of sp³-hybridized carbons (Fsp3) is 0.0385. The fourth-order valence-corrected chi connectivity index (χ4v) is 4.02. The van der Waals surface area contributed by atoms with Gasteiger partial charge in [0.2, 0.25) is 0 Å². The summed E-state index contributed by atoms with van der Waals surface area (Å²) >= 11 is 0. The monoisotopic (exact) mass is 445 g/mol. The minimum absolute atomic E-state index is 0.157. The largest absolute Gasteiger partial charge is 0.348 e. The average Bonchev–Trinajstić information content (AvgIpc) is 3.28. The normalized spacial score (nSPS) is 11.4. The van der Waals surface area contributed by atoms with E-state index in [0.29, 0.717) is 17.9 Å². The smallest absolute Gasteiger partial charge is 0.253 e. The number of rotatable bonds is 4. The highest BCUT2D eigenvalue weighted by Gasteiger charge is 2.24. The van der Waals surface area contributed by atoms with E-state index in [9.17, 15) is 4.79 Å². The van der Waals surface area contributed by atoms with Crippen LogP contribution in [0.5, 0.6) is 0 Å². The third kappa shape index (κ3) is 3.47. The number of carbonyl (C=O) groups excluding carboxylic acids is 1. The van der Waals surface area contributed by atoms with Crippen molar-refractivity contribution in [3.05, 3.63) is 103 Å². The number of nitrogens with one attached hydrogen (secondary N) is 2. The molecule has 8 nitrogen and oxygen atoms in total. The van der Waals surface area contributed by atoms with Crippen LogP contribution in [0.25, 0.3) is 28.5 Å². The van der Waals surface area contributed by atoms with E-state index in [1.165, 1.54) is 0 Å². The SMILES string of the molecule is O=C(NCc1ccc(-c2nnc3n2-c2cccnc2Nc2ccccc2-3)cc1)c1cccnc1. The van der Waals surface area contributed by atoms with Gasteiger partial charge in [0.05, 0.1) is 16.9 Å². The first-order valence-electron chi connectivity index (χ1n) is 10.8. The minimum atomic E-state index is -0.157. The van der Waals surface area contributed by atoms with Gasteiger partial charge < -0.3 is 10.6 Å². The highest BCUT2D eigenvalue weighted by Crippen LogP contribution is 2.38. The van der Waals surface area contributed by atoms with E-state index in [2.05, 4.69) is 30.8 Å². The lowest BCUT2D eigenvalue weighted by Crippen LogP contribution is -2.22. The van der Waals surface area contributed by atoms with Gasteiger partial charge in [-0.05, 0) is 42.0 Å². The van der Waals surface area contributed by atoms with E-state index >= 15 is 0 Å². The molecule has 0 radical (unpaired) electrons. The number of amides is 1. The van der Waals surface area contributed by atoms with Crippen molar-refractivity contribution in [3.8, 4) is 28.5 Å². The molecular formula is C26H19N7O. The van der Waals surface area contributed by atoms with Gasteiger partial charge in [0.25, 0.3) is 5.91 Å². The summed E-state index contributed by atoms with van der Waals surface area (Å²) in [5.74, 6) is 2.05. The summed E-state index contributed by atoms with van der Waals surface area (Å²) in [6.07, 6.45) is 4.96. The van der Waals surface area contributed by atoms with Crippen LogP contribution >= 0.6 is 0 Å². The summed E-state index contributed by atoms with van der Waals surface area (Å²) in [6.45, 7) is 0.413. The second-order valence-electron chi connectivity index (χ2n) is 7.85. The highest BCUT2D eigenvalue weighted by atomic mass is 16.1. The number of benzene rings is 2. The summed E-state index contributed by atoms with van der Waals surface area (Å²) in [5, 5.41) is 15.4. The Kier molecular flexibility index (Phi) is 4.81. The molecule has 1 aliphatic heterocycles. The summed E-state index contributed by atoms with van der Waals surface area (Å²) in [5.41, 5.74) is 5.18. The molecule has 2 N–H and O–H groups in total. The lowest BCUT2D eigenvalue weighted by atomic mass is 10.1. The lowest BCUT2D eigenvalue weighted by molar-refractivity contribution is 0.0950. The van der Waals surface area contributed by atoms with Gasteiger partial charge in [-0.15, -0.1) is 10.2 Å². The molecule has 0 saturated heterocycles. The van der Waals surface area contributed by atoms with Gasteiger partial charge in [-0.25, -0.2) is 4.98 Å². The van der Waals surface area contributed by atoms with Gasteiger partial charge in [-0.3, -0.25) is 14.3 Å². The van der Waals surface area contributed by atoms with Gasteiger partial charge in [-0.1, -0.05) is 36.4 Å². The van der Waals surface area contributed by atoms with Crippen LogP contribution in [-0.4, -0.2) is 30.6 Å². The Morgan fingerprint density at radius 2 is 1.71 bits per heavy atom. The molecule has 2 aromatic carbocycles. The molecule has 1 aliphatic rings. The van der Waals surface area contributed by atoms with E-state index in [1.54, 1.807) is 30.7 Å². The Bertz CT molecular complexity index is 1490. The van der Waals surface area contributed by atoms with Crippen molar-refractivity contribution >= 4 is 17.4 Å². The van der Waals surface area contributed by atoms with Crippen LogP contribution in [0.15, 0.2) is 91.4 Å². The zero-order valence-electron chi connectivity index (χ0n) is 18.0. The number of nitrogens with zero attached hydrogens (tertiary/aromatic N) is 5. The van der Waals surface area contributed by atoms with Crippen molar-refractivity contribution in [1.29, 1.82) is 0 Å². The van der Waals surface area contributed by atoms with E-state index < -0.39 is 0 Å². The van der Waals surface area contributed by atoms with Crippen LogP contribution in [-0.2, 0) is 6.54 Å². The van der Waals surface area contributed by atoms with E-state index in [0.717, 1.165) is 39.7 Å². The Balaban J connectivity index is 1.33. The number of hydrogen-bond acceptors (Lipinski definition) is 6. The number of aromatic nitrogens is 5. The third-order valence-corrected chi connectivity index (χ3v) is 5.70. The molecular weight excluding hydrogens is 426 g/mol. The molecule has 0 atom stereocenters. The zero-order valence-corrected chi connectivity index (χ0v) is 18.0. The molecule has 34 heavy (non-hydrogen) atoms. The number of fused-ring (bicyclic) bond motifs is 5. The summed E-state index contributed by atoms with van der Waals surface area (Å²) in [7, 11) is 0. The number of hydrogen-bond donors (Lipinski definition) is 2. The third-order valence-electron chi connectivity index (χ3n) is 5.70. The Hall–Kier alpha value is -4.85. The van der Waals surface area contributed by atoms with Crippen LogP contribution < -0.4 is 10.6 Å². The predicted molar refractivity (Wildman–Crippen MR) is 129 cm³/mol. The highest BCUT2D eigenvalue weighted by molar-refractivity contribution is 5.93. The molecule has 164 valence electrons. The van der Waals surface area contributed by atoms with Crippen LogP contribution in [0.2, 0.25) is 0 Å². The van der Waals surface area contributed by atoms with E-state index in [-0.39, 0.29) is 5.91 Å². The standard InChI is InChI=1S/C26H19N7O/c34-26(19-5-3-13-27-16-19)29-15-17-9-11-18(12-10-17)24-31-32-25-20-6-1-2-7-21(20)30-23-22(33(24)25)8-4-14-28-23/h1-14,16H,15H2,(H,28,30)(H,29,34). The van der Waals surface area contributed by atoms with Gasteiger partial charge in [-0.2, -0.15) is 0 Å². The first kappa shape index (κ1) is 19.8. The Labute approximate surface area is 195 Å². The Morgan fingerprint density at radius 1 is 0.882 bits per heavy atom.